The first-order valence-corrected chi connectivity index (χ1v) is 6.85. The van der Waals surface area contributed by atoms with Gasteiger partial charge in [-0.3, -0.25) is 4.79 Å². The molecule has 0 aliphatic carbocycles. The molecule has 0 aliphatic rings. The van der Waals surface area contributed by atoms with Crippen molar-refractivity contribution in [3.63, 3.8) is 0 Å². The maximum absolute atomic E-state index is 12.8. The third kappa shape index (κ3) is 4.05. The number of halogens is 1. The van der Waals surface area contributed by atoms with Crippen LogP contribution in [0.5, 0.6) is 5.75 Å². The van der Waals surface area contributed by atoms with E-state index in [2.05, 4.69) is 0 Å². The average Bonchev–Trinajstić information content (AvgIpc) is 2.47. The maximum atomic E-state index is 12.8. The molecule has 110 valence electrons. The van der Waals surface area contributed by atoms with Gasteiger partial charge in [0, 0.05) is 12.2 Å². The second kappa shape index (κ2) is 6.88. The Bertz CT molecular complexity index is 610. The first-order chi connectivity index (χ1) is 10.1. The van der Waals surface area contributed by atoms with Gasteiger partial charge in [0.2, 0.25) is 0 Å². The molecule has 0 N–H and O–H groups in total. The van der Waals surface area contributed by atoms with Crippen molar-refractivity contribution in [2.45, 2.75) is 13.8 Å². The molecule has 2 aromatic rings. The van der Waals surface area contributed by atoms with E-state index in [-0.39, 0.29) is 18.3 Å². The summed E-state index contributed by atoms with van der Waals surface area (Å²) in [5.41, 5.74) is 1.95. The minimum Gasteiger partial charge on any atom is -0.484 e. The van der Waals surface area contributed by atoms with Crippen LogP contribution in [0.25, 0.3) is 0 Å². The number of rotatable bonds is 5. The SMILES string of the molecule is CCN(C(=O)COc1ccc(F)cc1)c1cccc(C)c1. The Kier molecular flexibility index (Phi) is 4.93. The van der Waals surface area contributed by atoms with Crippen LogP contribution in [0.4, 0.5) is 10.1 Å². The van der Waals surface area contributed by atoms with Gasteiger partial charge in [-0.15, -0.1) is 0 Å². The van der Waals surface area contributed by atoms with E-state index in [1.807, 2.05) is 38.1 Å². The molecule has 0 aliphatic heterocycles. The molecule has 21 heavy (non-hydrogen) atoms. The van der Waals surface area contributed by atoms with Crippen LogP contribution >= 0.6 is 0 Å². The van der Waals surface area contributed by atoms with Crippen molar-refractivity contribution in [2.24, 2.45) is 0 Å². The summed E-state index contributed by atoms with van der Waals surface area (Å²) in [6.07, 6.45) is 0. The highest BCUT2D eigenvalue weighted by Crippen LogP contribution is 2.17. The Labute approximate surface area is 124 Å². The molecule has 0 unspecified atom stereocenters. The summed E-state index contributed by atoms with van der Waals surface area (Å²) in [6.45, 7) is 4.39. The van der Waals surface area contributed by atoms with E-state index in [1.165, 1.54) is 24.3 Å². The molecule has 2 aromatic carbocycles. The predicted molar refractivity (Wildman–Crippen MR) is 81.1 cm³/mol. The number of ether oxygens (including phenoxy) is 1. The van der Waals surface area contributed by atoms with Gasteiger partial charge in [0.25, 0.3) is 5.91 Å². The highest BCUT2D eigenvalue weighted by Gasteiger charge is 2.14. The van der Waals surface area contributed by atoms with E-state index < -0.39 is 0 Å². The summed E-state index contributed by atoms with van der Waals surface area (Å²) >= 11 is 0. The summed E-state index contributed by atoms with van der Waals surface area (Å²) in [5.74, 6) is 0.0149. The van der Waals surface area contributed by atoms with E-state index in [4.69, 9.17) is 4.74 Å². The molecule has 3 nitrogen and oxygen atoms in total. The maximum Gasteiger partial charge on any atom is 0.264 e. The molecule has 2 rings (SSSR count). The minimum atomic E-state index is -0.330. The largest absolute Gasteiger partial charge is 0.484 e. The van der Waals surface area contributed by atoms with Gasteiger partial charge in [0.05, 0.1) is 0 Å². The number of hydrogen-bond acceptors (Lipinski definition) is 2. The van der Waals surface area contributed by atoms with E-state index in [0.29, 0.717) is 12.3 Å². The van der Waals surface area contributed by atoms with Crippen LogP contribution in [0.2, 0.25) is 0 Å². The number of aryl methyl sites for hydroxylation is 1. The summed E-state index contributed by atoms with van der Waals surface area (Å²) in [6, 6.07) is 13.4. The number of carbonyl (C=O) groups excluding carboxylic acids is 1. The first-order valence-electron chi connectivity index (χ1n) is 6.85. The molecule has 0 fully saturated rings. The van der Waals surface area contributed by atoms with Gasteiger partial charge in [-0.2, -0.15) is 0 Å². The van der Waals surface area contributed by atoms with Gasteiger partial charge >= 0.3 is 0 Å². The Morgan fingerprint density at radius 3 is 2.52 bits per heavy atom. The van der Waals surface area contributed by atoms with Crippen LogP contribution in [-0.2, 0) is 4.79 Å². The fourth-order valence-corrected chi connectivity index (χ4v) is 2.05. The fourth-order valence-electron chi connectivity index (χ4n) is 2.05. The van der Waals surface area contributed by atoms with Crippen LogP contribution in [-0.4, -0.2) is 19.1 Å². The monoisotopic (exact) mass is 287 g/mol. The third-order valence-corrected chi connectivity index (χ3v) is 3.11. The van der Waals surface area contributed by atoms with Gasteiger partial charge in [-0.1, -0.05) is 12.1 Å². The molecule has 1 amide bonds. The van der Waals surface area contributed by atoms with Crippen molar-refractivity contribution in [3.8, 4) is 5.75 Å². The van der Waals surface area contributed by atoms with Gasteiger partial charge in [0.1, 0.15) is 11.6 Å². The van der Waals surface area contributed by atoms with Crippen molar-refractivity contribution in [3.05, 3.63) is 59.9 Å². The predicted octanol–water partition coefficient (Wildman–Crippen LogP) is 3.57. The number of benzene rings is 2. The number of hydrogen-bond donors (Lipinski definition) is 0. The van der Waals surface area contributed by atoms with E-state index in [9.17, 15) is 9.18 Å². The molecular formula is C17H18FNO2. The molecule has 0 radical (unpaired) electrons. The van der Waals surface area contributed by atoms with Gasteiger partial charge in [-0.05, 0) is 55.8 Å². The Morgan fingerprint density at radius 2 is 1.90 bits per heavy atom. The van der Waals surface area contributed by atoms with Gasteiger partial charge in [-0.25, -0.2) is 4.39 Å². The van der Waals surface area contributed by atoms with Crippen molar-refractivity contribution in [1.82, 2.24) is 0 Å². The third-order valence-electron chi connectivity index (χ3n) is 3.11. The summed E-state index contributed by atoms with van der Waals surface area (Å²) in [7, 11) is 0. The second-order valence-electron chi connectivity index (χ2n) is 4.72. The summed E-state index contributed by atoms with van der Waals surface area (Å²) in [4.78, 5) is 13.9. The minimum absolute atomic E-state index is 0.0760. The zero-order valence-corrected chi connectivity index (χ0v) is 12.2. The zero-order valence-electron chi connectivity index (χ0n) is 12.2. The van der Waals surface area contributed by atoms with Crippen molar-refractivity contribution < 1.29 is 13.9 Å². The quantitative estimate of drug-likeness (QED) is 0.841. The van der Waals surface area contributed by atoms with Crippen LogP contribution in [0, 0.1) is 12.7 Å². The highest BCUT2D eigenvalue weighted by molar-refractivity contribution is 5.94. The van der Waals surface area contributed by atoms with E-state index >= 15 is 0 Å². The number of likely N-dealkylation sites (N-methyl/N-ethyl adjacent to an activating group) is 1. The lowest BCUT2D eigenvalue weighted by atomic mass is 10.2. The molecule has 0 atom stereocenters. The van der Waals surface area contributed by atoms with Gasteiger partial charge in [0.15, 0.2) is 6.61 Å². The molecule has 0 saturated heterocycles. The number of amides is 1. The molecule has 0 saturated carbocycles. The number of anilines is 1. The van der Waals surface area contributed by atoms with E-state index in [1.54, 1.807) is 4.90 Å². The lowest BCUT2D eigenvalue weighted by Crippen LogP contribution is -2.34. The smallest absolute Gasteiger partial charge is 0.264 e. The topological polar surface area (TPSA) is 29.5 Å². The van der Waals surface area contributed by atoms with Crippen LogP contribution < -0.4 is 9.64 Å². The standard InChI is InChI=1S/C17H18FNO2/c1-3-19(15-6-4-5-13(2)11-15)17(20)12-21-16-9-7-14(18)8-10-16/h4-11H,3,12H2,1-2H3. The molecular weight excluding hydrogens is 269 g/mol. The highest BCUT2D eigenvalue weighted by atomic mass is 19.1. The Balaban J connectivity index is 2.02. The van der Waals surface area contributed by atoms with Crippen molar-refractivity contribution in [2.75, 3.05) is 18.1 Å². The van der Waals surface area contributed by atoms with Crippen LogP contribution in [0.3, 0.4) is 0 Å². The zero-order chi connectivity index (χ0) is 15.2. The Hall–Kier alpha value is -2.36. The molecule has 4 heteroatoms. The van der Waals surface area contributed by atoms with Crippen LogP contribution in [0.1, 0.15) is 12.5 Å². The molecule has 0 bridgehead atoms. The molecule has 0 heterocycles. The normalized spacial score (nSPS) is 10.2. The lowest BCUT2D eigenvalue weighted by molar-refractivity contribution is -0.120. The summed E-state index contributed by atoms with van der Waals surface area (Å²) < 4.78 is 18.2. The molecule has 0 spiro atoms. The van der Waals surface area contributed by atoms with Crippen LogP contribution in [0.15, 0.2) is 48.5 Å². The first kappa shape index (κ1) is 15.0. The number of nitrogens with zero attached hydrogens (tertiary/aromatic N) is 1. The number of carbonyl (C=O) groups is 1. The van der Waals surface area contributed by atoms with Crippen molar-refractivity contribution in [1.29, 1.82) is 0 Å². The van der Waals surface area contributed by atoms with Crippen molar-refractivity contribution >= 4 is 11.6 Å². The van der Waals surface area contributed by atoms with Gasteiger partial charge < -0.3 is 9.64 Å². The summed E-state index contributed by atoms with van der Waals surface area (Å²) in [5, 5.41) is 0. The average molecular weight is 287 g/mol. The van der Waals surface area contributed by atoms with E-state index in [0.717, 1.165) is 11.3 Å². The lowest BCUT2D eigenvalue weighted by Gasteiger charge is -2.21. The second-order valence-corrected chi connectivity index (χ2v) is 4.72. The Morgan fingerprint density at radius 1 is 1.19 bits per heavy atom. The molecule has 0 aromatic heterocycles. The fraction of sp³-hybridized carbons (Fsp3) is 0.235.